The summed E-state index contributed by atoms with van der Waals surface area (Å²) in [6, 6.07) is 6.24. The molecule has 1 fully saturated rings. The number of hydrogen-bond acceptors (Lipinski definition) is 3. The number of fused-ring (bicyclic) bond motifs is 1. The molecular formula is C21H25FN4O2. The Morgan fingerprint density at radius 3 is 2.25 bits per heavy atom. The highest BCUT2D eigenvalue weighted by Crippen LogP contribution is 2.27. The van der Waals surface area contributed by atoms with Gasteiger partial charge in [-0.2, -0.15) is 5.10 Å². The smallest absolute Gasteiger partial charge is 0.274 e. The molecule has 1 aliphatic heterocycles. The van der Waals surface area contributed by atoms with Crippen LogP contribution >= 0.6 is 0 Å². The van der Waals surface area contributed by atoms with Gasteiger partial charge in [-0.15, -0.1) is 0 Å². The van der Waals surface area contributed by atoms with Crippen LogP contribution in [0, 0.1) is 5.82 Å². The molecule has 0 spiro atoms. The fourth-order valence-electron chi connectivity index (χ4n) is 4.12. The Balaban J connectivity index is 1.66. The number of carbonyl (C=O) groups is 2. The van der Waals surface area contributed by atoms with Crippen LogP contribution in [0.2, 0.25) is 0 Å². The van der Waals surface area contributed by atoms with Gasteiger partial charge in [0.25, 0.3) is 5.91 Å². The number of aromatic nitrogens is 2. The van der Waals surface area contributed by atoms with Crippen molar-refractivity contribution in [3.8, 4) is 5.69 Å². The number of halogens is 1. The molecule has 2 amide bonds. The van der Waals surface area contributed by atoms with E-state index in [1.54, 1.807) is 28.9 Å². The third-order valence-electron chi connectivity index (χ3n) is 5.72. The molecule has 2 heterocycles. The maximum Gasteiger partial charge on any atom is 0.274 e. The predicted molar refractivity (Wildman–Crippen MR) is 103 cm³/mol. The van der Waals surface area contributed by atoms with E-state index in [4.69, 9.17) is 0 Å². The Bertz CT molecular complexity index is 883. The first-order valence-electron chi connectivity index (χ1n) is 9.96. The molecule has 0 bridgehead atoms. The van der Waals surface area contributed by atoms with E-state index in [0.717, 1.165) is 49.0 Å². The molecular weight excluding hydrogens is 359 g/mol. The van der Waals surface area contributed by atoms with Crippen molar-refractivity contribution >= 4 is 11.8 Å². The second-order valence-corrected chi connectivity index (χ2v) is 7.52. The van der Waals surface area contributed by atoms with Crippen LogP contribution in [0.25, 0.3) is 5.69 Å². The molecule has 0 N–H and O–H groups in total. The van der Waals surface area contributed by atoms with Gasteiger partial charge in [-0.3, -0.25) is 9.59 Å². The summed E-state index contributed by atoms with van der Waals surface area (Å²) >= 11 is 0. The zero-order valence-corrected chi connectivity index (χ0v) is 16.2. The summed E-state index contributed by atoms with van der Waals surface area (Å²) in [6.45, 7) is 3.72. The number of carbonyl (C=O) groups excluding carboxylic acids is 2. The van der Waals surface area contributed by atoms with Gasteiger partial charge in [-0.05, 0) is 49.9 Å². The van der Waals surface area contributed by atoms with Crippen molar-refractivity contribution in [1.29, 1.82) is 0 Å². The number of benzene rings is 1. The Hall–Kier alpha value is -2.70. The molecule has 4 rings (SSSR count). The molecule has 2 aliphatic rings. The van der Waals surface area contributed by atoms with Crippen LogP contribution in [0.5, 0.6) is 0 Å². The van der Waals surface area contributed by atoms with Crippen molar-refractivity contribution in [2.75, 3.05) is 26.2 Å². The van der Waals surface area contributed by atoms with Crippen molar-refractivity contribution in [3.63, 3.8) is 0 Å². The molecule has 1 saturated heterocycles. The first-order chi connectivity index (χ1) is 13.5. The van der Waals surface area contributed by atoms with E-state index in [1.807, 2.05) is 4.68 Å². The predicted octanol–water partition coefficient (Wildman–Crippen LogP) is 2.58. The molecule has 1 aromatic heterocycles. The molecule has 0 atom stereocenters. The van der Waals surface area contributed by atoms with E-state index in [-0.39, 0.29) is 17.6 Å². The lowest BCUT2D eigenvalue weighted by Crippen LogP contribution is -2.50. The minimum absolute atomic E-state index is 0.0431. The van der Waals surface area contributed by atoms with E-state index in [1.165, 1.54) is 12.1 Å². The van der Waals surface area contributed by atoms with Crippen LogP contribution in [-0.4, -0.2) is 57.6 Å². The lowest BCUT2D eigenvalue weighted by atomic mass is 10.1. The van der Waals surface area contributed by atoms with E-state index < -0.39 is 0 Å². The van der Waals surface area contributed by atoms with Gasteiger partial charge < -0.3 is 9.80 Å². The largest absolute Gasteiger partial charge is 0.339 e. The van der Waals surface area contributed by atoms with Gasteiger partial charge in [-0.1, -0.05) is 6.42 Å². The van der Waals surface area contributed by atoms with Crippen molar-refractivity contribution in [2.24, 2.45) is 0 Å². The second-order valence-electron chi connectivity index (χ2n) is 7.52. The summed E-state index contributed by atoms with van der Waals surface area (Å²) in [6.07, 6.45) is 4.93. The molecule has 1 aromatic carbocycles. The quantitative estimate of drug-likeness (QED) is 0.748. The summed E-state index contributed by atoms with van der Waals surface area (Å²) in [5.41, 5.74) is 3.38. The third-order valence-corrected chi connectivity index (χ3v) is 5.72. The number of rotatable bonds is 2. The van der Waals surface area contributed by atoms with E-state index >= 15 is 0 Å². The van der Waals surface area contributed by atoms with Gasteiger partial charge >= 0.3 is 0 Å². The molecule has 7 heteroatoms. The summed E-state index contributed by atoms with van der Waals surface area (Å²) in [7, 11) is 0. The lowest BCUT2D eigenvalue weighted by Gasteiger charge is -2.34. The van der Waals surface area contributed by atoms with Crippen LogP contribution in [-0.2, 0) is 17.6 Å². The topological polar surface area (TPSA) is 58.4 Å². The SMILES string of the molecule is CC(=O)N1CCN(C(=O)c2nn(-c3ccc(F)cc3)c3c2CCCCC3)CC1. The van der Waals surface area contributed by atoms with Crippen molar-refractivity contribution in [3.05, 3.63) is 47.0 Å². The van der Waals surface area contributed by atoms with Gasteiger partial charge in [0.05, 0.1) is 5.69 Å². The normalized spacial score (nSPS) is 17.2. The Morgan fingerprint density at radius 2 is 1.57 bits per heavy atom. The Labute approximate surface area is 163 Å². The van der Waals surface area contributed by atoms with Crippen LogP contribution in [0.15, 0.2) is 24.3 Å². The molecule has 0 saturated carbocycles. The Kier molecular flexibility index (Phi) is 5.15. The average Bonchev–Trinajstić information content (AvgIpc) is 2.89. The van der Waals surface area contributed by atoms with Gasteiger partial charge in [0, 0.05) is 44.4 Å². The number of amides is 2. The Morgan fingerprint density at radius 1 is 0.929 bits per heavy atom. The summed E-state index contributed by atoms with van der Waals surface area (Å²) in [5.74, 6) is -0.314. The maximum absolute atomic E-state index is 13.4. The van der Waals surface area contributed by atoms with Crippen molar-refractivity contribution in [1.82, 2.24) is 19.6 Å². The van der Waals surface area contributed by atoms with Gasteiger partial charge in [0.2, 0.25) is 5.91 Å². The summed E-state index contributed by atoms with van der Waals surface area (Å²) < 4.78 is 15.2. The van der Waals surface area contributed by atoms with Crippen molar-refractivity contribution in [2.45, 2.75) is 39.0 Å². The monoisotopic (exact) mass is 384 g/mol. The molecule has 6 nitrogen and oxygen atoms in total. The second kappa shape index (κ2) is 7.73. The molecule has 0 unspecified atom stereocenters. The van der Waals surface area contributed by atoms with Crippen LogP contribution < -0.4 is 0 Å². The molecule has 0 radical (unpaired) electrons. The molecule has 1 aliphatic carbocycles. The highest BCUT2D eigenvalue weighted by Gasteiger charge is 2.30. The maximum atomic E-state index is 13.4. The van der Waals surface area contributed by atoms with Gasteiger partial charge in [0.1, 0.15) is 5.82 Å². The molecule has 148 valence electrons. The van der Waals surface area contributed by atoms with E-state index in [0.29, 0.717) is 31.9 Å². The number of piperazine rings is 1. The first kappa shape index (κ1) is 18.7. The fraction of sp³-hybridized carbons (Fsp3) is 0.476. The van der Waals surface area contributed by atoms with Gasteiger partial charge in [0.15, 0.2) is 5.69 Å². The zero-order valence-electron chi connectivity index (χ0n) is 16.2. The van der Waals surface area contributed by atoms with Crippen molar-refractivity contribution < 1.29 is 14.0 Å². The molecule has 28 heavy (non-hydrogen) atoms. The number of hydrogen-bond donors (Lipinski definition) is 0. The minimum atomic E-state index is -0.290. The lowest BCUT2D eigenvalue weighted by molar-refractivity contribution is -0.130. The van der Waals surface area contributed by atoms with Crippen LogP contribution in [0.4, 0.5) is 4.39 Å². The third kappa shape index (κ3) is 3.53. The highest BCUT2D eigenvalue weighted by molar-refractivity contribution is 5.94. The van der Waals surface area contributed by atoms with Gasteiger partial charge in [-0.25, -0.2) is 9.07 Å². The molecule has 2 aromatic rings. The first-order valence-corrected chi connectivity index (χ1v) is 9.96. The number of nitrogens with zero attached hydrogens (tertiary/aromatic N) is 4. The fourth-order valence-corrected chi connectivity index (χ4v) is 4.12. The van der Waals surface area contributed by atoms with E-state index in [2.05, 4.69) is 5.10 Å². The zero-order chi connectivity index (χ0) is 19.7. The summed E-state index contributed by atoms with van der Waals surface area (Å²) in [5, 5.41) is 4.69. The summed E-state index contributed by atoms with van der Waals surface area (Å²) in [4.78, 5) is 28.3. The van der Waals surface area contributed by atoms with Crippen LogP contribution in [0.1, 0.15) is 47.9 Å². The average molecular weight is 384 g/mol. The van der Waals surface area contributed by atoms with E-state index in [9.17, 15) is 14.0 Å². The standard InChI is InChI=1S/C21H25FN4O2/c1-15(27)24-11-13-25(14-12-24)21(28)20-18-5-3-2-4-6-19(18)26(23-20)17-9-7-16(22)8-10-17/h7-10H,2-6,11-14H2,1H3. The minimum Gasteiger partial charge on any atom is -0.339 e. The van der Waals surface area contributed by atoms with Crippen LogP contribution in [0.3, 0.4) is 0 Å². The highest BCUT2D eigenvalue weighted by atomic mass is 19.1.